The Balaban J connectivity index is 1.92. The van der Waals surface area contributed by atoms with E-state index in [0.29, 0.717) is 11.4 Å². The number of hydrogen-bond donors (Lipinski definition) is 1. The zero-order valence-electron chi connectivity index (χ0n) is 11.1. The quantitative estimate of drug-likeness (QED) is 0.891. The summed E-state index contributed by atoms with van der Waals surface area (Å²) in [7, 11) is 0. The lowest BCUT2D eigenvalue weighted by Crippen LogP contribution is -2.13. The molecule has 0 spiro atoms. The molecule has 0 heterocycles. The molecule has 20 heavy (non-hydrogen) atoms. The van der Waals surface area contributed by atoms with E-state index < -0.39 is 5.82 Å². The minimum Gasteiger partial charge on any atom is -0.324 e. The summed E-state index contributed by atoms with van der Waals surface area (Å²) in [5.74, 6) is -0.631. The Morgan fingerprint density at radius 1 is 1.25 bits per heavy atom. The van der Waals surface area contributed by atoms with Gasteiger partial charge in [0.15, 0.2) is 0 Å². The molecule has 0 aliphatic heterocycles. The smallest absolute Gasteiger partial charge is 0.224 e. The van der Waals surface area contributed by atoms with Crippen LogP contribution in [0.5, 0.6) is 0 Å². The second kappa shape index (κ2) is 6.53. The molecule has 0 saturated carbocycles. The van der Waals surface area contributed by atoms with Crippen molar-refractivity contribution in [3.05, 3.63) is 64.4 Å². The lowest BCUT2D eigenvalue weighted by Gasteiger charge is -2.07. The summed E-state index contributed by atoms with van der Waals surface area (Å²) >= 11 is 5.88. The zero-order valence-corrected chi connectivity index (χ0v) is 11.9. The van der Waals surface area contributed by atoms with Gasteiger partial charge in [-0.25, -0.2) is 4.39 Å². The van der Waals surface area contributed by atoms with Crippen molar-refractivity contribution in [1.29, 1.82) is 0 Å². The lowest BCUT2D eigenvalue weighted by molar-refractivity contribution is -0.116. The standard InChI is InChI=1S/C16H15ClFNO/c1-11-5-7-15(14(18)9-11)19-16(20)8-6-12-3-2-4-13(17)10-12/h2-5,7,9-10H,6,8H2,1H3,(H,19,20). The van der Waals surface area contributed by atoms with Crippen molar-refractivity contribution >= 4 is 23.2 Å². The Labute approximate surface area is 122 Å². The van der Waals surface area contributed by atoms with Gasteiger partial charge in [0, 0.05) is 11.4 Å². The maximum atomic E-state index is 13.6. The van der Waals surface area contributed by atoms with E-state index in [-0.39, 0.29) is 18.0 Å². The van der Waals surface area contributed by atoms with Gasteiger partial charge >= 0.3 is 0 Å². The van der Waals surface area contributed by atoms with Crippen molar-refractivity contribution in [2.45, 2.75) is 19.8 Å². The third-order valence-corrected chi connectivity index (χ3v) is 3.16. The van der Waals surface area contributed by atoms with Crippen molar-refractivity contribution in [2.24, 2.45) is 0 Å². The van der Waals surface area contributed by atoms with Crippen LogP contribution in [0.25, 0.3) is 0 Å². The molecule has 0 aliphatic carbocycles. The van der Waals surface area contributed by atoms with Gasteiger partial charge in [-0.1, -0.05) is 29.8 Å². The number of carbonyl (C=O) groups excluding carboxylic acids is 1. The number of halogens is 2. The summed E-state index contributed by atoms with van der Waals surface area (Å²) in [6, 6.07) is 12.1. The van der Waals surface area contributed by atoms with Crippen molar-refractivity contribution in [3.8, 4) is 0 Å². The molecule has 0 bridgehead atoms. The van der Waals surface area contributed by atoms with Gasteiger partial charge in [0.25, 0.3) is 0 Å². The molecule has 2 aromatic carbocycles. The van der Waals surface area contributed by atoms with Crippen LogP contribution in [0.3, 0.4) is 0 Å². The highest BCUT2D eigenvalue weighted by Crippen LogP contribution is 2.16. The van der Waals surface area contributed by atoms with Crippen LogP contribution in [0.4, 0.5) is 10.1 Å². The molecule has 104 valence electrons. The van der Waals surface area contributed by atoms with Crippen LogP contribution in [0.15, 0.2) is 42.5 Å². The molecule has 2 nitrogen and oxygen atoms in total. The first-order chi connectivity index (χ1) is 9.54. The number of amides is 1. The monoisotopic (exact) mass is 291 g/mol. The van der Waals surface area contributed by atoms with Gasteiger partial charge < -0.3 is 5.32 Å². The fraction of sp³-hybridized carbons (Fsp3) is 0.188. The van der Waals surface area contributed by atoms with E-state index in [1.54, 1.807) is 25.1 Å². The summed E-state index contributed by atoms with van der Waals surface area (Å²) in [6.07, 6.45) is 0.855. The Morgan fingerprint density at radius 3 is 2.75 bits per heavy atom. The first-order valence-corrected chi connectivity index (χ1v) is 6.73. The second-order valence-electron chi connectivity index (χ2n) is 4.66. The Kier molecular flexibility index (Phi) is 4.74. The van der Waals surface area contributed by atoms with Gasteiger partial charge in [0.2, 0.25) is 5.91 Å². The summed E-state index contributed by atoms with van der Waals surface area (Å²) in [5.41, 5.74) is 2.02. The number of carbonyl (C=O) groups is 1. The lowest BCUT2D eigenvalue weighted by atomic mass is 10.1. The van der Waals surface area contributed by atoms with Gasteiger partial charge in [-0.3, -0.25) is 4.79 Å². The maximum absolute atomic E-state index is 13.6. The van der Waals surface area contributed by atoms with E-state index >= 15 is 0 Å². The van der Waals surface area contributed by atoms with E-state index in [9.17, 15) is 9.18 Å². The number of benzene rings is 2. The molecule has 1 amide bonds. The van der Waals surface area contributed by atoms with E-state index in [1.807, 2.05) is 18.2 Å². The summed E-state index contributed by atoms with van der Waals surface area (Å²) < 4.78 is 13.6. The molecule has 2 rings (SSSR count). The first kappa shape index (κ1) is 14.5. The fourth-order valence-corrected chi connectivity index (χ4v) is 2.10. The second-order valence-corrected chi connectivity index (χ2v) is 5.10. The van der Waals surface area contributed by atoms with Crippen molar-refractivity contribution in [1.82, 2.24) is 0 Å². The molecule has 0 atom stereocenters. The zero-order chi connectivity index (χ0) is 14.5. The van der Waals surface area contributed by atoms with Crippen molar-refractivity contribution in [2.75, 3.05) is 5.32 Å². The predicted molar refractivity (Wildman–Crippen MR) is 79.5 cm³/mol. The summed E-state index contributed by atoms with van der Waals surface area (Å²) in [4.78, 5) is 11.8. The third-order valence-electron chi connectivity index (χ3n) is 2.93. The van der Waals surface area contributed by atoms with Gasteiger partial charge in [0.05, 0.1) is 5.69 Å². The molecule has 1 N–H and O–H groups in total. The average molecular weight is 292 g/mol. The topological polar surface area (TPSA) is 29.1 Å². The fourth-order valence-electron chi connectivity index (χ4n) is 1.88. The molecular formula is C16H15ClFNO. The highest BCUT2D eigenvalue weighted by atomic mass is 35.5. The minimum absolute atomic E-state index is 0.215. The molecule has 0 aliphatic rings. The molecule has 0 aromatic heterocycles. The molecular weight excluding hydrogens is 277 g/mol. The highest BCUT2D eigenvalue weighted by molar-refractivity contribution is 6.30. The van der Waals surface area contributed by atoms with E-state index in [0.717, 1.165) is 11.1 Å². The Hall–Kier alpha value is -1.87. The largest absolute Gasteiger partial charge is 0.324 e. The van der Waals surface area contributed by atoms with Gasteiger partial charge in [-0.2, -0.15) is 0 Å². The van der Waals surface area contributed by atoms with Crippen LogP contribution in [0.2, 0.25) is 5.02 Å². The van der Waals surface area contributed by atoms with Gasteiger partial charge in [-0.15, -0.1) is 0 Å². The van der Waals surface area contributed by atoms with Crippen LogP contribution in [0.1, 0.15) is 17.5 Å². The Morgan fingerprint density at radius 2 is 2.05 bits per heavy atom. The first-order valence-electron chi connectivity index (χ1n) is 6.35. The molecule has 0 unspecified atom stereocenters. The summed E-state index contributed by atoms with van der Waals surface area (Å²) in [6.45, 7) is 1.80. The normalized spacial score (nSPS) is 10.3. The highest BCUT2D eigenvalue weighted by Gasteiger charge is 2.07. The van der Waals surface area contributed by atoms with Crippen LogP contribution in [0, 0.1) is 12.7 Å². The van der Waals surface area contributed by atoms with Crippen LogP contribution >= 0.6 is 11.6 Å². The predicted octanol–water partition coefficient (Wildman–Crippen LogP) is 4.36. The summed E-state index contributed by atoms with van der Waals surface area (Å²) in [5, 5.41) is 3.22. The maximum Gasteiger partial charge on any atom is 0.224 e. The number of aryl methyl sites for hydroxylation is 2. The van der Waals surface area contributed by atoms with E-state index in [4.69, 9.17) is 11.6 Å². The third kappa shape index (κ3) is 4.07. The number of rotatable bonds is 4. The molecule has 0 fully saturated rings. The van der Waals surface area contributed by atoms with Crippen molar-refractivity contribution < 1.29 is 9.18 Å². The van der Waals surface area contributed by atoms with Crippen LogP contribution in [-0.4, -0.2) is 5.91 Å². The SMILES string of the molecule is Cc1ccc(NC(=O)CCc2cccc(Cl)c2)c(F)c1. The molecule has 2 aromatic rings. The molecule has 0 radical (unpaired) electrons. The Bertz CT molecular complexity index is 628. The number of anilines is 1. The van der Waals surface area contributed by atoms with Gasteiger partial charge in [-0.05, 0) is 48.7 Å². The van der Waals surface area contributed by atoms with Crippen molar-refractivity contribution in [3.63, 3.8) is 0 Å². The van der Waals surface area contributed by atoms with E-state index in [2.05, 4.69) is 5.32 Å². The minimum atomic E-state index is -0.416. The number of nitrogens with one attached hydrogen (secondary N) is 1. The van der Waals surface area contributed by atoms with E-state index in [1.165, 1.54) is 6.07 Å². The van der Waals surface area contributed by atoms with Gasteiger partial charge in [0.1, 0.15) is 5.82 Å². The number of hydrogen-bond acceptors (Lipinski definition) is 1. The van der Waals surface area contributed by atoms with Crippen LogP contribution < -0.4 is 5.32 Å². The average Bonchev–Trinajstić information content (AvgIpc) is 2.40. The molecule has 4 heteroatoms. The van der Waals surface area contributed by atoms with Crippen LogP contribution in [-0.2, 0) is 11.2 Å². The molecule has 0 saturated heterocycles.